The van der Waals surface area contributed by atoms with Crippen LogP contribution in [0, 0.1) is 5.82 Å². The Labute approximate surface area is 134 Å². The predicted octanol–water partition coefficient (Wildman–Crippen LogP) is 3.75. The zero-order chi connectivity index (χ0) is 16.0. The molecule has 112 valence electrons. The van der Waals surface area contributed by atoms with Gasteiger partial charge in [-0.2, -0.15) is 0 Å². The number of carbonyl (C=O) groups excluding carboxylic acids is 2. The normalized spacial score (nSPS) is 13.5. The van der Waals surface area contributed by atoms with Gasteiger partial charge in [0.1, 0.15) is 5.82 Å². The number of amides is 2. The van der Waals surface area contributed by atoms with Crippen LogP contribution in [0.15, 0.2) is 53.9 Å². The highest BCUT2D eigenvalue weighted by atomic mass is 32.1. The molecular formula is C17H9FN2O2S. The summed E-state index contributed by atoms with van der Waals surface area (Å²) >= 11 is 1.20. The molecule has 1 aromatic heterocycles. The standard InChI is InChI=1S/C17H9FN2O2S/c18-11-7-5-10(6-8-11)14-9-23-17(19-14)20-15(21)12-3-1-2-4-13(12)16(20)22/h1-9H. The van der Waals surface area contributed by atoms with Gasteiger partial charge in [-0.05, 0) is 36.4 Å². The van der Waals surface area contributed by atoms with Crippen LogP contribution in [0.25, 0.3) is 11.3 Å². The van der Waals surface area contributed by atoms with Crippen molar-refractivity contribution in [2.24, 2.45) is 0 Å². The van der Waals surface area contributed by atoms with Gasteiger partial charge in [0.15, 0.2) is 5.13 Å². The lowest BCUT2D eigenvalue weighted by Crippen LogP contribution is -2.29. The largest absolute Gasteiger partial charge is 0.268 e. The molecule has 0 unspecified atom stereocenters. The minimum Gasteiger partial charge on any atom is -0.268 e. The van der Waals surface area contributed by atoms with E-state index >= 15 is 0 Å². The molecule has 1 aliphatic heterocycles. The van der Waals surface area contributed by atoms with E-state index in [2.05, 4.69) is 4.98 Å². The van der Waals surface area contributed by atoms with Crippen molar-refractivity contribution in [2.45, 2.75) is 0 Å². The van der Waals surface area contributed by atoms with Crippen molar-refractivity contribution in [2.75, 3.05) is 4.90 Å². The summed E-state index contributed by atoms with van der Waals surface area (Å²) in [4.78, 5) is 30.3. The van der Waals surface area contributed by atoms with Crippen molar-refractivity contribution in [3.05, 3.63) is 70.9 Å². The second kappa shape index (κ2) is 5.10. The molecule has 0 spiro atoms. The molecule has 2 heterocycles. The Hall–Kier alpha value is -2.86. The van der Waals surface area contributed by atoms with E-state index < -0.39 is 0 Å². The Kier molecular flexibility index (Phi) is 3.06. The fourth-order valence-electron chi connectivity index (χ4n) is 2.48. The Morgan fingerprint density at radius 2 is 1.52 bits per heavy atom. The molecule has 2 aromatic carbocycles. The second-order valence-corrected chi connectivity index (χ2v) is 5.85. The molecule has 2 amide bonds. The van der Waals surface area contributed by atoms with Crippen molar-refractivity contribution in [3.63, 3.8) is 0 Å². The molecule has 0 bridgehead atoms. The number of imide groups is 1. The highest BCUT2D eigenvalue weighted by Crippen LogP contribution is 2.33. The lowest BCUT2D eigenvalue weighted by molar-refractivity contribution is 0.0926. The Balaban J connectivity index is 1.72. The molecule has 0 radical (unpaired) electrons. The maximum absolute atomic E-state index is 13.0. The molecule has 3 aromatic rings. The van der Waals surface area contributed by atoms with E-state index in [1.54, 1.807) is 41.8 Å². The number of hydrogen-bond acceptors (Lipinski definition) is 4. The number of benzene rings is 2. The highest BCUT2D eigenvalue weighted by molar-refractivity contribution is 7.14. The molecule has 4 nitrogen and oxygen atoms in total. The van der Waals surface area contributed by atoms with Gasteiger partial charge in [-0.1, -0.05) is 12.1 Å². The first-order valence-electron chi connectivity index (χ1n) is 6.84. The van der Waals surface area contributed by atoms with E-state index in [1.165, 1.54) is 23.5 Å². The summed E-state index contributed by atoms with van der Waals surface area (Å²) in [6.07, 6.45) is 0. The summed E-state index contributed by atoms with van der Waals surface area (Å²) in [5, 5.41) is 2.06. The maximum Gasteiger partial charge on any atom is 0.268 e. The Morgan fingerprint density at radius 1 is 0.913 bits per heavy atom. The minimum absolute atomic E-state index is 0.315. The fraction of sp³-hybridized carbons (Fsp3) is 0. The third kappa shape index (κ3) is 2.15. The molecule has 0 N–H and O–H groups in total. The van der Waals surface area contributed by atoms with E-state index in [-0.39, 0.29) is 17.6 Å². The van der Waals surface area contributed by atoms with Crippen LogP contribution in [0.4, 0.5) is 9.52 Å². The number of anilines is 1. The van der Waals surface area contributed by atoms with Gasteiger partial charge in [-0.3, -0.25) is 9.59 Å². The van der Waals surface area contributed by atoms with Crippen LogP contribution >= 0.6 is 11.3 Å². The Morgan fingerprint density at radius 3 is 2.13 bits per heavy atom. The zero-order valence-corrected chi connectivity index (χ0v) is 12.5. The van der Waals surface area contributed by atoms with E-state index in [0.717, 1.165) is 10.5 Å². The minimum atomic E-state index is -0.370. The van der Waals surface area contributed by atoms with Crippen molar-refractivity contribution >= 4 is 28.3 Å². The maximum atomic E-state index is 13.0. The van der Waals surface area contributed by atoms with Gasteiger partial charge in [0, 0.05) is 10.9 Å². The van der Waals surface area contributed by atoms with E-state index in [9.17, 15) is 14.0 Å². The van der Waals surface area contributed by atoms with E-state index in [1.807, 2.05) is 0 Å². The van der Waals surface area contributed by atoms with Crippen molar-refractivity contribution < 1.29 is 14.0 Å². The lowest BCUT2D eigenvalue weighted by Gasteiger charge is -2.08. The first kappa shape index (κ1) is 13.8. The van der Waals surface area contributed by atoms with Gasteiger partial charge in [0.25, 0.3) is 11.8 Å². The van der Waals surface area contributed by atoms with Gasteiger partial charge < -0.3 is 0 Å². The van der Waals surface area contributed by atoms with E-state index in [4.69, 9.17) is 0 Å². The molecule has 0 aliphatic carbocycles. The summed E-state index contributed by atoms with van der Waals surface area (Å²) < 4.78 is 13.0. The zero-order valence-electron chi connectivity index (χ0n) is 11.7. The SMILES string of the molecule is O=C1c2ccccc2C(=O)N1c1nc(-c2ccc(F)cc2)cs1. The van der Waals surface area contributed by atoms with Crippen LogP contribution in [-0.4, -0.2) is 16.8 Å². The number of aromatic nitrogens is 1. The van der Waals surface area contributed by atoms with Gasteiger partial charge in [-0.15, -0.1) is 11.3 Å². The third-order valence-corrected chi connectivity index (χ3v) is 4.44. The van der Waals surface area contributed by atoms with Crippen LogP contribution in [0.1, 0.15) is 20.7 Å². The predicted molar refractivity (Wildman–Crippen MR) is 85.1 cm³/mol. The number of fused-ring (bicyclic) bond motifs is 1. The quantitative estimate of drug-likeness (QED) is 0.675. The topological polar surface area (TPSA) is 50.3 Å². The summed E-state index contributed by atoms with van der Waals surface area (Å²) in [6, 6.07) is 12.6. The number of nitrogens with zero attached hydrogens (tertiary/aromatic N) is 2. The summed E-state index contributed by atoms with van der Waals surface area (Å²) in [7, 11) is 0. The average Bonchev–Trinajstić information content (AvgIpc) is 3.13. The number of thiazole rings is 1. The number of carbonyl (C=O) groups is 2. The van der Waals surface area contributed by atoms with Gasteiger partial charge in [0.2, 0.25) is 0 Å². The fourth-order valence-corrected chi connectivity index (χ4v) is 3.31. The summed E-state index contributed by atoms with van der Waals surface area (Å²) in [6.45, 7) is 0. The van der Waals surface area contributed by atoms with Crippen LogP contribution in [0.3, 0.4) is 0 Å². The first-order valence-corrected chi connectivity index (χ1v) is 7.72. The molecule has 1 aliphatic rings. The smallest absolute Gasteiger partial charge is 0.268 e. The molecule has 0 saturated carbocycles. The van der Waals surface area contributed by atoms with Gasteiger partial charge >= 0.3 is 0 Å². The molecule has 4 rings (SSSR count). The van der Waals surface area contributed by atoms with Crippen molar-refractivity contribution in [1.29, 1.82) is 0 Å². The third-order valence-electron chi connectivity index (χ3n) is 3.62. The van der Waals surface area contributed by atoms with Gasteiger partial charge in [0.05, 0.1) is 16.8 Å². The van der Waals surface area contributed by atoms with Crippen LogP contribution in [-0.2, 0) is 0 Å². The second-order valence-electron chi connectivity index (χ2n) is 5.01. The van der Waals surface area contributed by atoms with Crippen LogP contribution in [0.5, 0.6) is 0 Å². The molecule has 0 atom stereocenters. The molecule has 23 heavy (non-hydrogen) atoms. The average molecular weight is 324 g/mol. The summed E-state index contributed by atoms with van der Waals surface area (Å²) in [5.41, 5.74) is 2.10. The first-order chi connectivity index (χ1) is 11.1. The molecule has 0 saturated heterocycles. The molecule has 6 heteroatoms. The van der Waals surface area contributed by atoms with Crippen LogP contribution < -0.4 is 4.90 Å². The monoisotopic (exact) mass is 324 g/mol. The van der Waals surface area contributed by atoms with Crippen LogP contribution in [0.2, 0.25) is 0 Å². The number of hydrogen-bond donors (Lipinski definition) is 0. The van der Waals surface area contributed by atoms with Crippen molar-refractivity contribution in [3.8, 4) is 11.3 Å². The van der Waals surface area contributed by atoms with Crippen molar-refractivity contribution in [1.82, 2.24) is 4.98 Å². The molecular weight excluding hydrogens is 315 g/mol. The number of rotatable bonds is 2. The van der Waals surface area contributed by atoms with E-state index in [0.29, 0.717) is 22.0 Å². The Bertz CT molecular complexity index is 899. The lowest BCUT2D eigenvalue weighted by atomic mass is 10.1. The van der Waals surface area contributed by atoms with Gasteiger partial charge in [-0.25, -0.2) is 14.3 Å². The summed E-state index contributed by atoms with van der Waals surface area (Å²) in [5.74, 6) is -1.07. The number of halogens is 1. The highest BCUT2D eigenvalue weighted by Gasteiger charge is 2.37. The molecule has 0 fully saturated rings.